The number of ether oxygens (including phenoxy) is 2. The number of aliphatic imine (C=N–C) groups is 1. The molecular weight excluding hydrogens is 366 g/mol. The molecule has 2 unspecified atom stereocenters. The molecule has 0 saturated heterocycles. The number of nitrogens with zero attached hydrogens (tertiary/aromatic N) is 1. The van der Waals surface area contributed by atoms with Gasteiger partial charge in [-0.1, -0.05) is 37.3 Å². The van der Waals surface area contributed by atoms with E-state index in [9.17, 15) is 5.11 Å². The third kappa shape index (κ3) is 6.39. The summed E-state index contributed by atoms with van der Waals surface area (Å²) in [6.45, 7) is 7.23. The van der Waals surface area contributed by atoms with E-state index in [1.807, 2.05) is 13.0 Å². The molecule has 0 fully saturated rings. The lowest BCUT2D eigenvalue weighted by atomic mass is 10.1. The third-order valence-electron chi connectivity index (χ3n) is 4.80. The molecule has 0 aliphatic rings. The standard InChI is InChI=1S/C23H33N3O3/c1-6-17-8-10-18(11-9-17)16(3)26-23(24-7-2)25-15-20(27)19-12-13-21(28-4)22(14-19)29-5/h8-14,16,20,27H,6-7,15H2,1-5H3,(H2,24,25,26). The Balaban J connectivity index is 2.07. The van der Waals surface area contributed by atoms with Gasteiger partial charge < -0.3 is 25.2 Å². The monoisotopic (exact) mass is 399 g/mol. The lowest BCUT2D eigenvalue weighted by Crippen LogP contribution is -2.39. The first-order valence-corrected chi connectivity index (χ1v) is 10.1. The number of aliphatic hydroxyl groups is 1. The fraction of sp³-hybridized carbons (Fsp3) is 0.435. The highest BCUT2D eigenvalue weighted by atomic mass is 16.5. The Morgan fingerprint density at radius 1 is 1.00 bits per heavy atom. The summed E-state index contributed by atoms with van der Waals surface area (Å²) in [4.78, 5) is 4.56. The zero-order valence-corrected chi connectivity index (χ0v) is 18.0. The van der Waals surface area contributed by atoms with Crippen LogP contribution in [0.3, 0.4) is 0 Å². The Morgan fingerprint density at radius 3 is 2.24 bits per heavy atom. The van der Waals surface area contributed by atoms with Gasteiger partial charge in [0.1, 0.15) is 0 Å². The van der Waals surface area contributed by atoms with Gasteiger partial charge >= 0.3 is 0 Å². The number of guanidine groups is 1. The number of benzene rings is 2. The fourth-order valence-corrected chi connectivity index (χ4v) is 2.99. The van der Waals surface area contributed by atoms with Crippen LogP contribution in [0, 0.1) is 0 Å². The maximum Gasteiger partial charge on any atom is 0.191 e. The summed E-state index contributed by atoms with van der Waals surface area (Å²) in [5, 5.41) is 17.2. The van der Waals surface area contributed by atoms with Crippen LogP contribution in [0.25, 0.3) is 0 Å². The Kier molecular flexibility index (Phi) is 8.80. The Hall–Kier alpha value is -2.73. The molecule has 6 nitrogen and oxygen atoms in total. The molecule has 2 aromatic carbocycles. The Morgan fingerprint density at radius 2 is 1.66 bits per heavy atom. The zero-order valence-electron chi connectivity index (χ0n) is 18.0. The van der Waals surface area contributed by atoms with Crippen LogP contribution in [0.1, 0.15) is 49.6 Å². The van der Waals surface area contributed by atoms with E-state index in [0.29, 0.717) is 17.5 Å². The van der Waals surface area contributed by atoms with Gasteiger partial charge in [0.05, 0.1) is 32.9 Å². The minimum absolute atomic E-state index is 0.0944. The summed E-state index contributed by atoms with van der Waals surface area (Å²) in [6, 6.07) is 14.1. The van der Waals surface area contributed by atoms with Gasteiger partial charge in [0, 0.05) is 6.54 Å². The minimum Gasteiger partial charge on any atom is -0.493 e. The molecule has 0 aromatic heterocycles. The number of hydrogen-bond acceptors (Lipinski definition) is 4. The van der Waals surface area contributed by atoms with Gasteiger partial charge in [-0.3, -0.25) is 4.99 Å². The van der Waals surface area contributed by atoms with Crippen LogP contribution in [-0.2, 0) is 6.42 Å². The van der Waals surface area contributed by atoms with Crippen LogP contribution >= 0.6 is 0 Å². The molecule has 6 heteroatoms. The van der Waals surface area contributed by atoms with Crippen molar-refractivity contribution in [1.82, 2.24) is 10.6 Å². The Bertz CT molecular complexity index is 790. The largest absolute Gasteiger partial charge is 0.493 e. The van der Waals surface area contributed by atoms with Crippen LogP contribution in [0.5, 0.6) is 11.5 Å². The SMILES string of the molecule is CCNC(=NCC(O)c1ccc(OC)c(OC)c1)NC(C)c1ccc(CC)cc1. The van der Waals surface area contributed by atoms with Crippen molar-refractivity contribution in [3.8, 4) is 11.5 Å². The first-order valence-electron chi connectivity index (χ1n) is 10.1. The van der Waals surface area contributed by atoms with Gasteiger partial charge in [0.15, 0.2) is 17.5 Å². The van der Waals surface area contributed by atoms with Gasteiger partial charge in [-0.15, -0.1) is 0 Å². The normalized spacial score (nSPS) is 13.5. The van der Waals surface area contributed by atoms with Crippen molar-refractivity contribution in [3.63, 3.8) is 0 Å². The average molecular weight is 400 g/mol. The molecule has 0 amide bonds. The summed E-state index contributed by atoms with van der Waals surface area (Å²) in [5.41, 5.74) is 3.23. The quantitative estimate of drug-likeness (QED) is 0.444. The number of aliphatic hydroxyl groups excluding tert-OH is 1. The van der Waals surface area contributed by atoms with Crippen molar-refractivity contribution < 1.29 is 14.6 Å². The average Bonchev–Trinajstić information content (AvgIpc) is 2.76. The van der Waals surface area contributed by atoms with Crippen LogP contribution in [0.15, 0.2) is 47.5 Å². The van der Waals surface area contributed by atoms with Crippen LogP contribution < -0.4 is 20.1 Å². The number of methoxy groups -OCH3 is 2. The van der Waals surface area contributed by atoms with Crippen molar-refractivity contribution >= 4 is 5.96 Å². The van der Waals surface area contributed by atoms with Crippen LogP contribution in [-0.4, -0.2) is 38.4 Å². The molecule has 0 saturated carbocycles. The van der Waals surface area contributed by atoms with Crippen molar-refractivity contribution in [2.45, 2.75) is 39.3 Å². The van der Waals surface area contributed by atoms with Gasteiger partial charge in [0.25, 0.3) is 0 Å². The summed E-state index contributed by atoms with van der Waals surface area (Å²) in [5.74, 6) is 1.88. The zero-order chi connectivity index (χ0) is 21.2. The lowest BCUT2D eigenvalue weighted by Gasteiger charge is -2.19. The predicted octanol–water partition coefficient (Wildman–Crippen LogP) is 3.62. The van der Waals surface area contributed by atoms with Crippen LogP contribution in [0.4, 0.5) is 0 Å². The summed E-state index contributed by atoms with van der Waals surface area (Å²) >= 11 is 0. The lowest BCUT2D eigenvalue weighted by molar-refractivity contribution is 0.186. The van der Waals surface area contributed by atoms with Crippen molar-refractivity contribution in [3.05, 3.63) is 59.2 Å². The number of aryl methyl sites for hydroxylation is 1. The minimum atomic E-state index is -0.746. The van der Waals surface area contributed by atoms with Crippen molar-refractivity contribution in [2.75, 3.05) is 27.3 Å². The highest BCUT2D eigenvalue weighted by molar-refractivity contribution is 5.80. The molecule has 3 N–H and O–H groups in total. The second-order valence-electron chi connectivity index (χ2n) is 6.81. The smallest absolute Gasteiger partial charge is 0.191 e. The van der Waals surface area contributed by atoms with Gasteiger partial charge in [0.2, 0.25) is 0 Å². The van der Waals surface area contributed by atoms with E-state index in [-0.39, 0.29) is 12.6 Å². The molecular formula is C23H33N3O3. The Labute approximate surface area is 174 Å². The predicted molar refractivity (Wildman–Crippen MR) is 118 cm³/mol. The van der Waals surface area contributed by atoms with E-state index < -0.39 is 6.10 Å². The molecule has 0 radical (unpaired) electrons. The molecule has 0 heterocycles. The third-order valence-corrected chi connectivity index (χ3v) is 4.80. The maximum atomic E-state index is 10.6. The molecule has 2 aromatic rings. The first-order chi connectivity index (χ1) is 14.0. The topological polar surface area (TPSA) is 75.1 Å². The summed E-state index contributed by atoms with van der Waals surface area (Å²) < 4.78 is 10.6. The van der Waals surface area contributed by atoms with Crippen LogP contribution in [0.2, 0.25) is 0 Å². The van der Waals surface area contributed by atoms with Crippen molar-refractivity contribution in [1.29, 1.82) is 0 Å². The van der Waals surface area contributed by atoms with E-state index in [1.165, 1.54) is 11.1 Å². The van der Waals surface area contributed by atoms with E-state index in [1.54, 1.807) is 26.4 Å². The maximum absolute atomic E-state index is 10.6. The van der Waals surface area contributed by atoms with Crippen molar-refractivity contribution in [2.24, 2.45) is 4.99 Å². The van der Waals surface area contributed by atoms with Gasteiger partial charge in [-0.25, -0.2) is 0 Å². The number of rotatable bonds is 9. The highest BCUT2D eigenvalue weighted by Gasteiger charge is 2.13. The molecule has 0 spiro atoms. The van der Waals surface area contributed by atoms with E-state index in [4.69, 9.17) is 9.47 Å². The molecule has 2 rings (SSSR count). The second kappa shape index (κ2) is 11.3. The fourth-order valence-electron chi connectivity index (χ4n) is 2.99. The summed E-state index contributed by atoms with van der Waals surface area (Å²) in [7, 11) is 3.16. The molecule has 29 heavy (non-hydrogen) atoms. The molecule has 2 atom stereocenters. The van der Waals surface area contributed by atoms with E-state index in [0.717, 1.165) is 18.5 Å². The van der Waals surface area contributed by atoms with E-state index >= 15 is 0 Å². The molecule has 0 aliphatic heterocycles. The summed E-state index contributed by atoms with van der Waals surface area (Å²) in [6.07, 6.45) is 0.282. The van der Waals surface area contributed by atoms with Gasteiger partial charge in [-0.2, -0.15) is 0 Å². The number of hydrogen-bond donors (Lipinski definition) is 3. The molecule has 0 bridgehead atoms. The second-order valence-corrected chi connectivity index (χ2v) is 6.81. The number of nitrogens with one attached hydrogen (secondary N) is 2. The van der Waals surface area contributed by atoms with E-state index in [2.05, 4.69) is 53.7 Å². The molecule has 158 valence electrons. The first kappa shape index (κ1) is 22.6. The molecule has 0 aliphatic carbocycles. The highest BCUT2D eigenvalue weighted by Crippen LogP contribution is 2.30. The van der Waals surface area contributed by atoms with Gasteiger partial charge in [-0.05, 0) is 49.1 Å².